The summed E-state index contributed by atoms with van der Waals surface area (Å²) in [5.74, 6) is 0. The third-order valence-corrected chi connectivity index (χ3v) is 8.44. The first-order valence-corrected chi connectivity index (χ1v) is 17.0. The van der Waals surface area contributed by atoms with Crippen molar-refractivity contribution < 1.29 is 17.1 Å². The maximum absolute atomic E-state index is 12.3. The molecule has 0 bridgehead atoms. The molecule has 0 amide bonds. The number of nitrogens with zero attached hydrogens (tertiary/aromatic N) is 6. The minimum absolute atomic E-state index is 0. The second-order valence-electron chi connectivity index (χ2n) is 13.9. The molecule has 0 saturated carbocycles. The van der Waals surface area contributed by atoms with Gasteiger partial charge in [0.05, 0.1) is 11.0 Å². The molecule has 1 radical (unpaired) electrons. The smallest absolute Gasteiger partial charge is 0.500 e. The van der Waals surface area contributed by atoms with Gasteiger partial charge in [-0.25, -0.2) is 4.79 Å². The number of aromatic nitrogens is 2. The summed E-state index contributed by atoms with van der Waals surface area (Å²) < 4.78 is 3.71. The van der Waals surface area contributed by atoms with Gasteiger partial charge in [-0.1, -0.05) is 36.4 Å². The Labute approximate surface area is 294 Å². The molecule has 3 heterocycles. The van der Waals surface area contributed by atoms with Crippen molar-refractivity contribution in [2.75, 3.05) is 19.6 Å². The summed E-state index contributed by atoms with van der Waals surface area (Å²) in [6, 6.07) is 27.6. The van der Waals surface area contributed by atoms with Gasteiger partial charge >= 0.3 is 22.8 Å². The fourth-order valence-corrected chi connectivity index (χ4v) is 6.16. The second-order valence-corrected chi connectivity index (χ2v) is 13.9. The number of imidazole rings is 1. The van der Waals surface area contributed by atoms with Crippen molar-refractivity contribution in [1.29, 1.82) is 0 Å². The molecular formula is C39H56CuN6O. The molecule has 0 N–H and O–H groups in total. The van der Waals surface area contributed by atoms with Crippen molar-refractivity contribution in [3.63, 3.8) is 0 Å². The molecular weight excluding hydrogens is 632 g/mol. The fourth-order valence-electron chi connectivity index (χ4n) is 6.16. The van der Waals surface area contributed by atoms with Crippen LogP contribution in [-0.4, -0.2) is 33.3 Å². The van der Waals surface area contributed by atoms with Crippen LogP contribution >= 0.6 is 0 Å². The Balaban J connectivity index is 0.000000190. The topological polar surface area (TPSA) is 39.9 Å². The summed E-state index contributed by atoms with van der Waals surface area (Å²) in [5.41, 5.74) is 7.42. The molecule has 47 heavy (non-hydrogen) atoms. The molecule has 8 heteroatoms. The van der Waals surface area contributed by atoms with Crippen LogP contribution in [0.25, 0.3) is 11.0 Å². The van der Waals surface area contributed by atoms with Gasteiger partial charge < -0.3 is 19.6 Å². The Hall–Kier alpha value is -3.35. The molecule has 0 spiro atoms. The first-order chi connectivity index (χ1) is 21.8. The molecule has 2 aliphatic heterocycles. The number of para-hydroxylation sites is 6. The van der Waals surface area contributed by atoms with E-state index >= 15 is 0 Å². The van der Waals surface area contributed by atoms with E-state index in [9.17, 15) is 4.79 Å². The van der Waals surface area contributed by atoms with Gasteiger partial charge in [-0.05, 0) is 144 Å². The number of rotatable bonds is 6. The number of hydrogen-bond donors (Lipinski definition) is 0. The van der Waals surface area contributed by atoms with Crippen molar-refractivity contribution in [2.45, 2.75) is 119 Å². The summed E-state index contributed by atoms with van der Waals surface area (Å²) in [5, 5.41) is 0. The molecule has 3 aromatic carbocycles. The van der Waals surface area contributed by atoms with Crippen LogP contribution in [0.1, 0.15) is 95.2 Å². The van der Waals surface area contributed by atoms with E-state index in [0.29, 0.717) is 24.2 Å². The van der Waals surface area contributed by atoms with Crippen LogP contribution in [0.5, 0.6) is 0 Å². The molecule has 0 saturated heterocycles. The van der Waals surface area contributed by atoms with Crippen LogP contribution in [0.15, 0.2) is 77.6 Å². The van der Waals surface area contributed by atoms with Crippen molar-refractivity contribution in [3.8, 4) is 0 Å². The van der Waals surface area contributed by atoms with Gasteiger partial charge in [-0.15, -0.1) is 0 Å². The van der Waals surface area contributed by atoms with Crippen LogP contribution in [0.4, 0.5) is 22.7 Å². The average molecular weight is 688 g/mol. The maximum Gasteiger partial charge on any atom is 2.00 e. The minimum atomic E-state index is 0. The second kappa shape index (κ2) is 16.2. The molecule has 1 aromatic heterocycles. The zero-order chi connectivity index (χ0) is 33.9. The van der Waals surface area contributed by atoms with Gasteiger partial charge in [0.2, 0.25) is 0 Å². The Bertz CT molecular complexity index is 1450. The van der Waals surface area contributed by atoms with Crippen LogP contribution in [0, 0.1) is 13.3 Å². The van der Waals surface area contributed by atoms with Gasteiger partial charge in [0.25, 0.3) is 0 Å². The van der Waals surface area contributed by atoms with E-state index in [1.165, 1.54) is 22.7 Å². The third kappa shape index (κ3) is 8.04. The van der Waals surface area contributed by atoms with E-state index in [1.54, 1.807) is 0 Å². The monoisotopic (exact) mass is 687 g/mol. The van der Waals surface area contributed by atoms with Gasteiger partial charge in [0.1, 0.15) is 0 Å². The maximum atomic E-state index is 12.3. The molecule has 0 fully saturated rings. The van der Waals surface area contributed by atoms with Gasteiger partial charge in [0, 0.05) is 34.8 Å². The van der Waals surface area contributed by atoms with Crippen LogP contribution in [0.2, 0.25) is 0 Å². The van der Waals surface area contributed by atoms with E-state index < -0.39 is 0 Å². The summed E-state index contributed by atoms with van der Waals surface area (Å²) >= 11 is 0. The predicted octanol–water partition coefficient (Wildman–Crippen LogP) is 9.46. The largest absolute Gasteiger partial charge is 2.00 e. The molecule has 259 valence electrons. The Morgan fingerprint density at radius 3 is 0.851 bits per heavy atom. The van der Waals surface area contributed by atoms with E-state index in [-0.39, 0.29) is 34.8 Å². The summed E-state index contributed by atoms with van der Waals surface area (Å²) in [4.78, 5) is 21.6. The summed E-state index contributed by atoms with van der Waals surface area (Å²) in [6.45, 7) is 30.4. The standard InChI is InChI=1S/C13H18N2O.2C13H19N2.Cu/c1-9(2)14-11-7-5-6-8-12(11)15(10(3)4)13(14)16;2*1-10(2)14-9-15(11(3)4)13-8-6-5-7-12(13)14;/h5-10H,1-4H3;2*5-11H,1-4H3;/q;2*-1;+2. The Morgan fingerprint density at radius 1 is 0.404 bits per heavy atom. The molecule has 4 aromatic rings. The van der Waals surface area contributed by atoms with Crippen LogP contribution in [-0.2, 0) is 17.1 Å². The molecule has 0 atom stereocenters. The quantitative estimate of drug-likeness (QED) is 0.149. The zero-order valence-electron chi connectivity index (χ0n) is 30.4. The average Bonchev–Trinajstić information content (AvgIpc) is 3.67. The number of anilines is 4. The van der Waals surface area contributed by atoms with Crippen molar-refractivity contribution in [2.24, 2.45) is 0 Å². The molecule has 6 rings (SSSR count). The molecule has 0 unspecified atom stereocenters. The Kier molecular flexibility index (Phi) is 13.1. The first-order valence-electron chi connectivity index (χ1n) is 17.0. The fraction of sp³-hybridized carbons (Fsp3) is 0.462. The van der Waals surface area contributed by atoms with E-state index in [1.807, 2.05) is 61.1 Å². The summed E-state index contributed by atoms with van der Waals surface area (Å²) in [7, 11) is 0. The van der Waals surface area contributed by atoms with Crippen molar-refractivity contribution >= 4 is 33.8 Å². The van der Waals surface area contributed by atoms with E-state index in [2.05, 4.69) is 137 Å². The summed E-state index contributed by atoms with van der Waals surface area (Å²) in [6.07, 6.45) is 0. The molecule has 2 aliphatic rings. The minimum Gasteiger partial charge on any atom is -0.500 e. The van der Waals surface area contributed by atoms with Gasteiger partial charge in [-0.2, -0.15) is 13.3 Å². The SMILES string of the molecule is CC(C)N1[CH-]N(C(C)C)c2ccccc21.CC(C)N1[CH-]N(C(C)C)c2ccccc21.CC(C)n1c(=O)n(C(C)C)c2ccccc21.[Cu+2]. The van der Waals surface area contributed by atoms with Crippen LogP contribution < -0.4 is 25.3 Å². The third-order valence-electron chi connectivity index (χ3n) is 8.44. The van der Waals surface area contributed by atoms with Crippen molar-refractivity contribution in [1.82, 2.24) is 9.13 Å². The first kappa shape index (κ1) is 38.1. The predicted molar refractivity (Wildman–Crippen MR) is 199 cm³/mol. The number of benzene rings is 3. The van der Waals surface area contributed by atoms with E-state index in [4.69, 9.17) is 0 Å². The van der Waals surface area contributed by atoms with Gasteiger partial charge in [-0.3, -0.25) is 9.13 Å². The van der Waals surface area contributed by atoms with Crippen molar-refractivity contribution in [3.05, 3.63) is 96.6 Å². The van der Waals surface area contributed by atoms with Gasteiger partial charge in [0.15, 0.2) is 0 Å². The van der Waals surface area contributed by atoms with Crippen LogP contribution in [0.3, 0.4) is 0 Å². The molecule has 0 aliphatic carbocycles. The zero-order valence-corrected chi connectivity index (χ0v) is 31.4. The Morgan fingerprint density at radius 2 is 0.638 bits per heavy atom. The van der Waals surface area contributed by atoms with E-state index in [0.717, 1.165) is 11.0 Å². The molecule has 7 nitrogen and oxygen atoms in total. The number of hydrogen-bond acceptors (Lipinski definition) is 5. The number of fused-ring (bicyclic) bond motifs is 3. The normalized spacial score (nSPS) is 13.8.